The predicted molar refractivity (Wildman–Crippen MR) is 96.3 cm³/mol. The van der Waals surface area contributed by atoms with E-state index < -0.39 is 10.4 Å². The zero-order valence-electron chi connectivity index (χ0n) is 16.2. The van der Waals surface area contributed by atoms with Crippen molar-refractivity contribution < 1.29 is 48.5 Å². The second kappa shape index (κ2) is 10.5. The van der Waals surface area contributed by atoms with Crippen molar-refractivity contribution >= 4 is 21.2 Å². The zero-order valence-corrected chi connectivity index (χ0v) is 18.0. The van der Waals surface area contributed by atoms with E-state index in [4.69, 9.17) is 17.5 Å². The Bertz CT molecular complexity index is 738. The molecule has 2 aromatic rings. The first-order chi connectivity index (χ1) is 10.6. The van der Waals surface area contributed by atoms with Gasteiger partial charge in [0, 0.05) is 0 Å². The molecule has 0 radical (unpaired) electrons. The summed E-state index contributed by atoms with van der Waals surface area (Å²) in [6.07, 6.45) is 2.37. The third kappa shape index (κ3) is 9.16. The smallest absolute Gasteiger partial charge is 1.00 e. The van der Waals surface area contributed by atoms with E-state index in [1.54, 1.807) is 5.56 Å². The Morgan fingerprint density at radius 2 is 1.42 bits per heavy atom. The van der Waals surface area contributed by atoms with Crippen molar-refractivity contribution in [3.63, 3.8) is 0 Å². The van der Waals surface area contributed by atoms with Crippen molar-refractivity contribution in [1.29, 1.82) is 0 Å². The molecule has 0 unspecified atom stereocenters. The van der Waals surface area contributed by atoms with Crippen molar-refractivity contribution in [3.8, 4) is 0 Å². The van der Waals surface area contributed by atoms with E-state index in [-0.39, 0.29) is 31.0 Å². The normalized spacial score (nSPS) is 11.2. The van der Waals surface area contributed by atoms with Gasteiger partial charge in [0.05, 0.1) is 0 Å². The summed E-state index contributed by atoms with van der Waals surface area (Å²) in [6, 6.07) is 13.4. The molecule has 2 N–H and O–H groups in total. The van der Waals surface area contributed by atoms with E-state index in [1.165, 1.54) is 29.2 Å². The Kier molecular flexibility index (Phi) is 10.3. The van der Waals surface area contributed by atoms with Crippen LogP contribution >= 0.6 is 0 Å². The third-order valence-electron chi connectivity index (χ3n) is 3.38. The fourth-order valence-corrected chi connectivity index (χ4v) is 2.66. The fraction of sp³-hybridized carbons (Fsp3) is 0.444. The molecule has 0 amide bonds. The topological polar surface area (TPSA) is 74.6 Å². The molecule has 0 spiro atoms. The van der Waals surface area contributed by atoms with Gasteiger partial charge < -0.3 is 1.43 Å². The standard InChI is InChI=1S/C18H24.Na.H2O4S.H/c1-13(2)11-16-10-9-15-7-5-6-8-17(15)18(16)12-14(3)4;;1-5(2,3)4;/h5-10,13-14H,11-12H2,1-4H3;;(H2,1,2,3,4);/q;+1;;-1. The first kappa shape index (κ1) is 23.6. The Morgan fingerprint density at radius 3 is 1.92 bits per heavy atom. The summed E-state index contributed by atoms with van der Waals surface area (Å²) in [5, 5.41) is 2.82. The molecule has 4 nitrogen and oxygen atoms in total. The Labute approximate surface area is 169 Å². The molecule has 0 bridgehead atoms. The van der Waals surface area contributed by atoms with Crippen LogP contribution in [0.1, 0.15) is 40.2 Å². The van der Waals surface area contributed by atoms with Crippen LogP contribution in [0, 0.1) is 11.8 Å². The van der Waals surface area contributed by atoms with Gasteiger partial charge in [-0.3, -0.25) is 9.11 Å². The molecular weight excluding hydrogens is 335 g/mol. The van der Waals surface area contributed by atoms with Gasteiger partial charge >= 0.3 is 40.0 Å². The quantitative estimate of drug-likeness (QED) is 0.641. The first-order valence-corrected chi connectivity index (χ1v) is 9.17. The maximum absolute atomic E-state index is 8.74. The summed E-state index contributed by atoms with van der Waals surface area (Å²) < 4.78 is 31.6. The SMILES string of the molecule is CC(C)Cc1ccc2ccccc2c1CC(C)C.O=S(=O)(O)O.[H-].[Na+]. The fourth-order valence-electron chi connectivity index (χ4n) is 2.66. The van der Waals surface area contributed by atoms with Crippen LogP contribution in [0.15, 0.2) is 36.4 Å². The molecule has 0 saturated carbocycles. The molecule has 2 aromatic carbocycles. The van der Waals surface area contributed by atoms with Gasteiger partial charge in [-0.1, -0.05) is 64.1 Å². The second-order valence-corrected chi connectivity index (χ2v) is 7.46. The van der Waals surface area contributed by atoms with Gasteiger partial charge in [0.25, 0.3) is 0 Å². The molecule has 0 aliphatic heterocycles. The molecule has 6 heteroatoms. The van der Waals surface area contributed by atoms with Crippen LogP contribution in [0.4, 0.5) is 0 Å². The Hall–Kier alpha value is -0.430. The van der Waals surface area contributed by atoms with Crippen molar-refractivity contribution in [3.05, 3.63) is 47.5 Å². The minimum absolute atomic E-state index is 0. The maximum atomic E-state index is 8.74. The predicted octanol–water partition coefficient (Wildman–Crippen LogP) is 1.70. The summed E-state index contributed by atoms with van der Waals surface area (Å²) >= 11 is 0. The minimum Gasteiger partial charge on any atom is -1.00 e. The molecular formula is C18H27NaO4S. The first-order valence-electron chi connectivity index (χ1n) is 7.77. The van der Waals surface area contributed by atoms with Crippen LogP contribution in [-0.2, 0) is 23.2 Å². The Morgan fingerprint density at radius 1 is 0.917 bits per heavy atom. The van der Waals surface area contributed by atoms with E-state index in [0.717, 1.165) is 5.92 Å². The average Bonchev–Trinajstić information content (AvgIpc) is 2.38. The zero-order chi connectivity index (χ0) is 17.6. The molecule has 0 aliphatic rings. The molecule has 24 heavy (non-hydrogen) atoms. The molecule has 0 fully saturated rings. The number of fused-ring (bicyclic) bond motifs is 1. The number of benzene rings is 2. The van der Waals surface area contributed by atoms with Crippen LogP contribution in [0.2, 0.25) is 0 Å². The van der Waals surface area contributed by atoms with E-state index in [2.05, 4.69) is 64.1 Å². The number of hydrogen-bond acceptors (Lipinski definition) is 2. The van der Waals surface area contributed by atoms with Gasteiger partial charge in [-0.15, -0.1) is 0 Å². The summed E-state index contributed by atoms with van der Waals surface area (Å²) in [5.41, 5.74) is 3.11. The van der Waals surface area contributed by atoms with E-state index in [9.17, 15) is 0 Å². The number of hydrogen-bond donors (Lipinski definition) is 2. The molecule has 0 heterocycles. The van der Waals surface area contributed by atoms with Crippen LogP contribution in [0.5, 0.6) is 0 Å². The van der Waals surface area contributed by atoms with E-state index >= 15 is 0 Å². The minimum atomic E-state index is -4.67. The van der Waals surface area contributed by atoms with E-state index in [1.807, 2.05) is 0 Å². The van der Waals surface area contributed by atoms with E-state index in [0.29, 0.717) is 5.92 Å². The largest absolute Gasteiger partial charge is 1.00 e. The van der Waals surface area contributed by atoms with Gasteiger partial charge in [0.1, 0.15) is 0 Å². The average molecular weight is 362 g/mol. The summed E-state index contributed by atoms with van der Waals surface area (Å²) in [5.74, 6) is 1.43. The molecule has 0 aliphatic carbocycles. The maximum Gasteiger partial charge on any atom is 1.00 e. The molecule has 0 atom stereocenters. The van der Waals surface area contributed by atoms with Crippen LogP contribution in [0.25, 0.3) is 10.8 Å². The van der Waals surface area contributed by atoms with Gasteiger partial charge in [-0.25, -0.2) is 0 Å². The Balaban J connectivity index is 0. The van der Waals surface area contributed by atoms with Crippen molar-refractivity contribution in [1.82, 2.24) is 0 Å². The molecule has 130 valence electrons. The molecule has 0 saturated heterocycles. The van der Waals surface area contributed by atoms with Gasteiger partial charge in [0.2, 0.25) is 0 Å². The monoisotopic (exact) mass is 362 g/mol. The third-order valence-corrected chi connectivity index (χ3v) is 3.38. The van der Waals surface area contributed by atoms with Gasteiger partial charge in [-0.05, 0) is 46.6 Å². The number of rotatable bonds is 4. The summed E-state index contributed by atoms with van der Waals surface area (Å²) in [7, 11) is -4.67. The van der Waals surface area contributed by atoms with Crippen molar-refractivity contribution in [2.24, 2.45) is 11.8 Å². The van der Waals surface area contributed by atoms with Crippen LogP contribution in [0.3, 0.4) is 0 Å². The second-order valence-electron chi connectivity index (χ2n) is 6.57. The van der Waals surface area contributed by atoms with Crippen LogP contribution < -0.4 is 29.6 Å². The summed E-state index contributed by atoms with van der Waals surface area (Å²) in [6.45, 7) is 9.21. The van der Waals surface area contributed by atoms with Gasteiger partial charge in [-0.2, -0.15) is 8.42 Å². The van der Waals surface area contributed by atoms with Gasteiger partial charge in [0.15, 0.2) is 0 Å². The molecule has 0 aromatic heterocycles. The van der Waals surface area contributed by atoms with Crippen molar-refractivity contribution in [2.45, 2.75) is 40.5 Å². The van der Waals surface area contributed by atoms with Crippen LogP contribution in [-0.4, -0.2) is 17.5 Å². The summed E-state index contributed by atoms with van der Waals surface area (Å²) in [4.78, 5) is 0. The van der Waals surface area contributed by atoms with Crippen molar-refractivity contribution in [2.75, 3.05) is 0 Å². The molecule has 2 rings (SSSR count).